The molecule has 0 radical (unpaired) electrons. The first-order valence-corrected chi connectivity index (χ1v) is 7.00. The third-order valence-corrected chi connectivity index (χ3v) is 3.69. The molecule has 5 heteroatoms. The van der Waals surface area contributed by atoms with Crippen LogP contribution in [-0.2, 0) is 0 Å². The first-order chi connectivity index (χ1) is 10.7. The van der Waals surface area contributed by atoms with E-state index in [-0.39, 0.29) is 0 Å². The minimum absolute atomic E-state index is 0.668. The van der Waals surface area contributed by atoms with Crippen LogP contribution in [0.5, 0.6) is 5.75 Å². The van der Waals surface area contributed by atoms with Gasteiger partial charge >= 0.3 is 0 Å². The summed E-state index contributed by atoms with van der Waals surface area (Å²) in [4.78, 5) is 13.5. The number of hydrogen-bond acceptors (Lipinski definition) is 4. The van der Waals surface area contributed by atoms with Crippen LogP contribution in [0.15, 0.2) is 48.8 Å². The quantitative estimate of drug-likeness (QED) is 0.568. The number of benzene rings is 1. The number of ether oxygens (including phenoxy) is 1. The standard InChI is InChI=1S/C17H14N4O/c1-11-3-4-12(10-18-11)14-7-8-21-16-9-13(22-2)5-6-15(16)20-17(21)19-14/h3-10H,1-2H3. The summed E-state index contributed by atoms with van der Waals surface area (Å²) in [7, 11) is 1.66. The normalized spacial score (nSPS) is 11.2. The Hall–Kier alpha value is -2.95. The van der Waals surface area contributed by atoms with Gasteiger partial charge in [-0.05, 0) is 37.3 Å². The summed E-state index contributed by atoms with van der Waals surface area (Å²) in [5.41, 5.74) is 4.71. The Balaban J connectivity index is 1.90. The van der Waals surface area contributed by atoms with E-state index >= 15 is 0 Å². The van der Waals surface area contributed by atoms with Crippen LogP contribution in [0.3, 0.4) is 0 Å². The van der Waals surface area contributed by atoms with E-state index in [0.29, 0.717) is 5.78 Å². The van der Waals surface area contributed by atoms with Gasteiger partial charge in [0, 0.05) is 29.7 Å². The van der Waals surface area contributed by atoms with Gasteiger partial charge in [-0.1, -0.05) is 0 Å². The number of imidazole rings is 1. The molecule has 3 aromatic heterocycles. The molecule has 0 spiro atoms. The third kappa shape index (κ3) is 1.98. The van der Waals surface area contributed by atoms with Gasteiger partial charge in [-0.2, -0.15) is 0 Å². The second-order valence-corrected chi connectivity index (χ2v) is 5.14. The van der Waals surface area contributed by atoms with Crippen LogP contribution in [-0.4, -0.2) is 26.5 Å². The molecule has 0 aliphatic rings. The molecule has 0 aliphatic heterocycles. The Labute approximate surface area is 127 Å². The maximum Gasteiger partial charge on any atom is 0.235 e. The lowest BCUT2D eigenvalue weighted by molar-refractivity contribution is 0.415. The molecule has 0 atom stereocenters. The molecule has 0 unspecified atom stereocenters. The Kier molecular flexibility index (Phi) is 2.79. The maximum atomic E-state index is 5.28. The zero-order chi connectivity index (χ0) is 15.1. The number of methoxy groups -OCH3 is 1. The second-order valence-electron chi connectivity index (χ2n) is 5.14. The molecule has 5 nitrogen and oxygen atoms in total. The summed E-state index contributed by atoms with van der Waals surface area (Å²) in [6.07, 6.45) is 3.81. The highest BCUT2D eigenvalue weighted by Crippen LogP contribution is 2.23. The fourth-order valence-corrected chi connectivity index (χ4v) is 2.48. The smallest absolute Gasteiger partial charge is 0.235 e. The molecule has 0 N–H and O–H groups in total. The van der Waals surface area contributed by atoms with Crippen LogP contribution in [0.4, 0.5) is 0 Å². The molecule has 0 fully saturated rings. The Morgan fingerprint density at radius 1 is 1.05 bits per heavy atom. The van der Waals surface area contributed by atoms with Crippen molar-refractivity contribution >= 4 is 16.8 Å². The van der Waals surface area contributed by atoms with Crippen LogP contribution in [0.2, 0.25) is 0 Å². The van der Waals surface area contributed by atoms with Crippen molar-refractivity contribution in [1.29, 1.82) is 0 Å². The van der Waals surface area contributed by atoms with Crippen molar-refractivity contribution < 1.29 is 4.74 Å². The Bertz CT molecular complexity index is 973. The number of aryl methyl sites for hydroxylation is 1. The molecule has 3 heterocycles. The number of aromatic nitrogens is 4. The van der Waals surface area contributed by atoms with E-state index < -0.39 is 0 Å². The lowest BCUT2D eigenvalue weighted by Gasteiger charge is -2.02. The van der Waals surface area contributed by atoms with Crippen LogP contribution in [0.1, 0.15) is 5.69 Å². The SMILES string of the molecule is COc1ccc2nc3nc(-c4ccc(C)nc4)ccn3c2c1. The predicted molar refractivity (Wildman–Crippen MR) is 85.0 cm³/mol. The molecule has 4 rings (SSSR count). The van der Waals surface area contributed by atoms with Gasteiger partial charge in [0.25, 0.3) is 0 Å². The van der Waals surface area contributed by atoms with Crippen molar-refractivity contribution in [2.24, 2.45) is 0 Å². The lowest BCUT2D eigenvalue weighted by Crippen LogP contribution is -1.92. The molecule has 4 aromatic rings. The minimum atomic E-state index is 0.668. The van der Waals surface area contributed by atoms with E-state index in [1.165, 1.54) is 0 Å². The van der Waals surface area contributed by atoms with E-state index in [9.17, 15) is 0 Å². The zero-order valence-electron chi connectivity index (χ0n) is 12.3. The van der Waals surface area contributed by atoms with Gasteiger partial charge in [-0.15, -0.1) is 0 Å². The minimum Gasteiger partial charge on any atom is -0.497 e. The number of hydrogen-bond donors (Lipinski definition) is 0. The molecule has 0 bridgehead atoms. The summed E-state index contributed by atoms with van der Waals surface area (Å²) < 4.78 is 7.24. The monoisotopic (exact) mass is 290 g/mol. The van der Waals surface area contributed by atoms with E-state index in [0.717, 1.165) is 33.7 Å². The largest absolute Gasteiger partial charge is 0.497 e. The number of pyridine rings is 1. The van der Waals surface area contributed by atoms with Crippen molar-refractivity contribution in [3.05, 3.63) is 54.5 Å². The van der Waals surface area contributed by atoms with Gasteiger partial charge in [0.15, 0.2) is 0 Å². The average molecular weight is 290 g/mol. The second kappa shape index (κ2) is 4.80. The highest BCUT2D eigenvalue weighted by atomic mass is 16.5. The van der Waals surface area contributed by atoms with Gasteiger partial charge in [0.05, 0.1) is 23.8 Å². The predicted octanol–water partition coefficient (Wildman–Crippen LogP) is 3.26. The molecule has 0 amide bonds. The molecule has 108 valence electrons. The molecule has 0 saturated carbocycles. The summed E-state index contributed by atoms with van der Waals surface area (Å²) in [5, 5.41) is 0. The van der Waals surface area contributed by atoms with E-state index in [1.807, 2.05) is 60.1 Å². The lowest BCUT2D eigenvalue weighted by atomic mass is 10.2. The molecular formula is C17H14N4O. The van der Waals surface area contributed by atoms with Gasteiger partial charge < -0.3 is 4.74 Å². The molecule has 1 aromatic carbocycles. The zero-order valence-corrected chi connectivity index (χ0v) is 12.3. The average Bonchev–Trinajstić information content (AvgIpc) is 2.92. The summed E-state index contributed by atoms with van der Waals surface area (Å²) in [5.74, 6) is 1.47. The number of rotatable bonds is 2. The molecule has 0 saturated heterocycles. The first kappa shape index (κ1) is 12.8. The molecule has 22 heavy (non-hydrogen) atoms. The Morgan fingerprint density at radius 3 is 2.73 bits per heavy atom. The van der Waals surface area contributed by atoms with Gasteiger partial charge in [0.2, 0.25) is 5.78 Å². The van der Waals surface area contributed by atoms with Crippen molar-refractivity contribution in [2.45, 2.75) is 6.92 Å². The first-order valence-electron chi connectivity index (χ1n) is 7.00. The van der Waals surface area contributed by atoms with E-state index in [2.05, 4.69) is 15.0 Å². The van der Waals surface area contributed by atoms with E-state index in [4.69, 9.17) is 4.74 Å². The van der Waals surface area contributed by atoms with Gasteiger partial charge in [-0.25, -0.2) is 9.97 Å². The van der Waals surface area contributed by atoms with Crippen molar-refractivity contribution in [3.63, 3.8) is 0 Å². The van der Waals surface area contributed by atoms with Crippen molar-refractivity contribution in [2.75, 3.05) is 7.11 Å². The fraction of sp³-hybridized carbons (Fsp3) is 0.118. The number of fused-ring (bicyclic) bond motifs is 3. The van der Waals surface area contributed by atoms with Crippen molar-refractivity contribution in [1.82, 2.24) is 19.4 Å². The maximum absolute atomic E-state index is 5.28. The van der Waals surface area contributed by atoms with Gasteiger partial charge in [0.1, 0.15) is 5.75 Å². The highest BCUT2D eigenvalue weighted by Gasteiger charge is 2.08. The Morgan fingerprint density at radius 2 is 1.95 bits per heavy atom. The van der Waals surface area contributed by atoms with Crippen molar-refractivity contribution in [3.8, 4) is 17.0 Å². The molecule has 0 aliphatic carbocycles. The summed E-state index contributed by atoms with van der Waals surface area (Å²) in [6, 6.07) is 11.8. The van der Waals surface area contributed by atoms with E-state index in [1.54, 1.807) is 7.11 Å². The summed E-state index contributed by atoms with van der Waals surface area (Å²) in [6.45, 7) is 1.97. The topological polar surface area (TPSA) is 52.3 Å². The van der Waals surface area contributed by atoms with Gasteiger partial charge in [-0.3, -0.25) is 9.38 Å². The van der Waals surface area contributed by atoms with Crippen LogP contribution in [0, 0.1) is 6.92 Å². The summed E-state index contributed by atoms with van der Waals surface area (Å²) >= 11 is 0. The van der Waals surface area contributed by atoms with Crippen LogP contribution in [0.25, 0.3) is 28.1 Å². The number of nitrogens with zero attached hydrogens (tertiary/aromatic N) is 4. The third-order valence-electron chi connectivity index (χ3n) is 3.69. The highest BCUT2D eigenvalue weighted by molar-refractivity contribution is 5.81. The molecular weight excluding hydrogens is 276 g/mol. The van der Waals surface area contributed by atoms with Crippen LogP contribution >= 0.6 is 0 Å². The fourth-order valence-electron chi connectivity index (χ4n) is 2.48. The van der Waals surface area contributed by atoms with Crippen LogP contribution < -0.4 is 4.74 Å².